The maximum Gasteiger partial charge on any atom is 0.0702 e. The molecule has 2 atom stereocenters. The normalized spacial score (nSPS) is 35.0. The van der Waals surface area contributed by atoms with Gasteiger partial charge in [-0.05, 0) is 31.1 Å². The standard InChI is InChI=1S/C11H22O/c1-5-11(6-2)10(4)7-9(3)8-12-11/h9-10H,5-8H2,1-4H3. The van der Waals surface area contributed by atoms with E-state index in [1.165, 1.54) is 6.42 Å². The van der Waals surface area contributed by atoms with Crippen molar-refractivity contribution in [3.8, 4) is 0 Å². The third kappa shape index (κ3) is 1.66. The smallest absolute Gasteiger partial charge is 0.0702 e. The summed E-state index contributed by atoms with van der Waals surface area (Å²) >= 11 is 0. The van der Waals surface area contributed by atoms with Crippen molar-refractivity contribution in [1.82, 2.24) is 0 Å². The summed E-state index contributed by atoms with van der Waals surface area (Å²) in [6.07, 6.45) is 3.66. The molecule has 0 amide bonds. The first kappa shape index (κ1) is 10.0. The first-order valence-corrected chi connectivity index (χ1v) is 5.28. The average molecular weight is 170 g/mol. The van der Waals surface area contributed by atoms with Gasteiger partial charge >= 0.3 is 0 Å². The minimum Gasteiger partial charge on any atom is -0.374 e. The molecule has 0 aromatic carbocycles. The van der Waals surface area contributed by atoms with Crippen LogP contribution in [0.3, 0.4) is 0 Å². The fourth-order valence-corrected chi connectivity index (χ4v) is 2.49. The van der Waals surface area contributed by atoms with Gasteiger partial charge in [-0.3, -0.25) is 0 Å². The molecule has 1 heterocycles. The Bertz CT molecular complexity index is 138. The monoisotopic (exact) mass is 170 g/mol. The van der Waals surface area contributed by atoms with Crippen molar-refractivity contribution in [2.75, 3.05) is 6.61 Å². The van der Waals surface area contributed by atoms with E-state index < -0.39 is 0 Å². The van der Waals surface area contributed by atoms with E-state index in [0.717, 1.165) is 31.3 Å². The Morgan fingerprint density at radius 3 is 2.25 bits per heavy atom. The molecule has 1 rings (SSSR count). The Kier molecular flexibility index (Phi) is 3.16. The molecule has 0 aromatic rings. The zero-order valence-electron chi connectivity index (χ0n) is 8.89. The minimum atomic E-state index is 0.201. The quantitative estimate of drug-likeness (QED) is 0.618. The van der Waals surface area contributed by atoms with Crippen LogP contribution in [-0.4, -0.2) is 12.2 Å². The van der Waals surface area contributed by atoms with Crippen LogP contribution in [0.1, 0.15) is 47.0 Å². The second-order valence-electron chi connectivity index (χ2n) is 4.32. The highest BCUT2D eigenvalue weighted by Crippen LogP contribution is 2.38. The van der Waals surface area contributed by atoms with Gasteiger partial charge < -0.3 is 4.74 Å². The lowest BCUT2D eigenvalue weighted by molar-refractivity contribution is -0.136. The van der Waals surface area contributed by atoms with Gasteiger partial charge in [-0.15, -0.1) is 0 Å². The molecule has 1 saturated heterocycles. The average Bonchev–Trinajstić information content (AvgIpc) is 2.06. The number of rotatable bonds is 2. The van der Waals surface area contributed by atoms with Crippen LogP contribution in [0.2, 0.25) is 0 Å². The third-order valence-corrected chi connectivity index (χ3v) is 3.51. The minimum absolute atomic E-state index is 0.201. The molecule has 72 valence electrons. The van der Waals surface area contributed by atoms with Crippen molar-refractivity contribution in [1.29, 1.82) is 0 Å². The topological polar surface area (TPSA) is 9.23 Å². The van der Waals surface area contributed by atoms with Crippen LogP contribution in [0, 0.1) is 11.8 Å². The molecule has 1 aliphatic rings. The molecular weight excluding hydrogens is 148 g/mol. The predicted octanol–water partition coefficient (Wildman–Crippen LogP) is 3.24. The van der Waals surface area contributed by atoms with E-state index in [9.17, 15) is 0 Å². The third-order valence-electron chi connectivity index (χ3n) is 3.51. The summed E-state index contributed by atoms with van der Waals surface area (Å²) in [6, 6.07) is 0. The lowest BCUT2D eigenvalue weighted by atomic mass is 9.77. The first-order chi connectivity index (χ1) is 5.64. The Morgan fingerprint density at radius 2 is 1.83 bits per heavy atom. The molecule has 1 nitrogen and oxygen atoms in total. The van der Waals surface area contributed by atoms with Crippen molar-refractivity contribution in [3.63, 3.8) is 0 Å². The molecule has 2 unspecified atom stereocenters. The molecule has 1 heteroatoms. The second-order valence-corrected chi connectivity index (χ2v) is 4.32. The van der Waals surface area contributed by atoms with E-state index in [0.29, 0.717) is 0 Å². The molecule has 0 saturated carbocycles. The van der Waals surface area contributed by atoms with Crippen molar-refractivity contribution in [2.45, 2.75) is 52.6 Å². The van der Waals surface area contributed by atoms with Crippen molar-refractivity contribution >= 4 is 0 Å². The van der Waals surface area contributed by atoms with Crippen LogP contribution < -0.4 is 0 Å². The van der Waals surface area contributed by atoms with E-state index in [2.05, 4.69) is 27.7 Å². The van der Waals surface area contributed by atoms with Gasteiger partial charge in [-0.2, -0.15) is 0 Å². The van der Waals surface area contributed by atoms with Gasteiger partial charge in [0, 0.05) is 6.61 Å². The van der Waals surface area contributed by atoms with E-state index in [1.54, 1.807) is 0 Å². The fourth-order valence-electron chi connectivity index (χ4n) is 2.49. The number of hydrogen-bond donors (Lipinski definition) is 0. The van der Waals surface area contributed by atoms with Crippen LogP contribution >= 0.6 is 0 Å². The van der Waals surface area contributed by atoms with Gasteiger partial charge in [-0.1, -0.05) is 27.7 Å². The molecule has 0 N–H and O–H groups in total. The molecular formula is C11H22O. The molecule has 0 spiro atoms. The second kappa shape index (κ2) is 3.78. The van der Waals surface area contributed by atoms with Gasteiger partial charge in [0.1, 0.15) is 0 Å². The summed E-state index contributed by atoms with van der Waals surface area (Å²) in [5.74, 6) is 1.49. The van der Waals surface area contributed by atoms with Crippen LogP contribution in [0.5, 0.6) is 0 Å². The van der Waals surface area contributed by atoms with E-state index >= 15 is 0 Å². The Morgan fingerprint density at radius 1 is 1.25 bits per heavy atom. The number of hydrogen-bond acceptors (Lipinski definition) is 1. The SMILES string of the molecule is CCC1(CC)OCC(C)CC1C. The Balaban J connectivity index is 2.64. The van der Waals surface area contributed by atoms with Crippen molar-refractivity contribution in [2.24, 2.45) is 11.8 Å². The van der Waals surface area contributed by atoms with Crippen LogP contribution in [-0.2, 0) is 4.74 Å². The summed E-state index contributed by atoms with van der Waals surface area (Å²) in [6.45, 7) is 10.1. The maximum absolute atomic E-state index is 5.99. The van der Waals surface area contributed by atoms with Crippen molar-refractivity contribution in [3.05, 3.63) is 0 Å². The molecule has 0 aliphatic carbocycles. The van der Waals surface area contributed by atoms with Gasteiger partial charge in [0.2, 0.25) is 0 Å². The largest absolute Gasteiger partial charge is 0.374 e. The van der Waals surface area contributed by atoms with E-state index in [-0.39, 0.29) is 5.60 Å². The van der Waals surface area contributed by atoms with E-state index in [4.69, 9.17) is 4.74 Å². The van der Waals surface area contributed by atoms with E-state index in [1.807, 2.05) is 0 Å². The molecule has 0 radical (unpaired) electrons. The molecule has 1 aliphatic heterocycles. The highest BCUT2D eigenvalue weighted by Gasteiger charge is 2.38. The number of ether oxygens (including phenoxy) is 1. The lowest BCUT2D eigenvalue weighted by Gasteiger charge is -2.43. The summed E-state index contributed by atoms with van der Waals surface area (Å²) in [7, 11) is 0. The Hall–Kier alpha value is -0.0400. The fraction of sp³-hybridized carbons (Fsp3) is 1.00. The van der Waals surface area contributed by atoms with Crippen molar-refractivity contribution < 1.29 is 4.74 Å². The summed E-state index contributed by atoms with van der Waals surface area (Å²) in [5.41, 5.74) is 0.201. The van der Waals surface area contributed by atoms with Crippen LogP contribution in [0.4, 0.5) is 0 Å². The van der Waals surface area contributed by atoms with Gasteiger partial charge in [-0.25, -0.2) is 0 Å². The molecule has 0 aromatic heterocycles. The first-order valence-electron chi connectivity index (χ1n) is 5.28. The summed E-state index contributed by atoms with van der Waals surface area (Å²) in [5, 5.41) is 0. The molecule has 0 bridgehead atoms. The highest BCUT2D eigenvalue weighted by atomic mass is 16.5. The predicted molar refractivity (Wildman–Crippen MR) is 52.2 cm³/mol. The Labute approximate surface area is 76.5 Å². The zero-order valence-corrected chi connectivity index (χ0v) is 8.89. The maximum atomic E-state index is 5.99. The van der Waals surface area contributed by atoms with Gasteiger partial charge in [0.05, 0.1) is 5.60 Å². The van der Waals surface area contributed by atoms with Gasteiger partial charge in [0.25, 0.3) is 0 Å². The molecule has 12 heavy (non-hydrogen) atoms. The lowest BCUT2D eigenvalue weighted by Crippen LogP contribution is -2.44. The molecule has 1 fully saturated rings. The van der Waals surface area contributed by atoms with Gasteiger partial charge in [0.15, 0.2) is 0 Å². The van der Waals surface area contributed by atoms with Crippen LogP contribution in [0.15, 0.2) is 0 Å². The van der Waals surface area contributed by atoms with Crippen LogP contribution in [0.25, 0.3) is 0 Å². The zero-order chi connectivity index (χ0) is 9.19. The summed E-state index contributed by atoms with van der Waals surface area (Å²) in [4.78, 5) is 0. The summed E-state index contributed by atoms with van der Waals surface area (Å²) < 4.78 is 5.99. The highest BCUT2D eigenvalue weighted by molar-refractivity contribution is 4.88.